The number of carbonyl (C=O) groups excluding carboxylic acids is 1. The van der Waals surface area contributed by atoms with E-state index < -0.39 is 0 Å². The van der Waals surface area contributed by atoms with E-state index in [2.05, 4.69) is 5.92 Å². The number of halogens is 1. The highest BCUT2D eigenvalue weighted by molar-refractivity contribution is 6.30. The number of likely N-dealkylation sites (tertiary alicyclic amines) is 1. The summed E-state index contributed by atoms with van der Waals surface area (Å²) in [6, 6.07) is 6.98. The van der Waals surface area contributed by atoms with Crippen LogP contribution in [0.5, 0.6) is 5.75 Å². The van der Waals surface area contributed by atoms with Crippen LogP contribution in [0.1, 0.15) is 12.8 Å². The van der Waals surface area contributed by atoms with Gasteiger partial charge in [-0.15, -0.1) is 6.42 Å². The molecule has 0 aromatic heterocycles. The van der Waals surface area contributed by atoms with Crippen molar-refractivity contribution in [3.63, 3.8) is 0 Å². The smallest absolute Gasteiger partial charge is 0.260 e. The summed E-state index contributed by atoms with van der Waals surface area (Å²) < 4.78 is 10.9. The Morgan fingerprint density at radius 1 is 1.41 bits per heavy atom. The highest BCUT2D eigenvalue weighted by atomic mass is 35.5. The molecule has 1 saturated heterocycles. The summed E-state index contributed by atoms with van der Waals surface area (Å²) >= 11 is 5.81. The van der Waals surface area contributed by atoms with Crippen LogP contribution < -0.4 is 4.74 Å². The van der Waals surface area contributed by atoms with Crippen LogP contribution in [0.2, 0.25) is 5.02 Å². The third kappa shape index (κ3) is 5.25. The van der Waals surface area contributed by atoms with E-state index >= 15 is 0 Å². The van der Waals surface area contributed by atoms with E-state index in [4.69, 9.17) is 27.5 Å². The molecule has 1 heterocycles. The number of ether oxygens (including phenoxy) is 2. The van der Waals surface area contributed by atoms with Crippen LogP contribution in [-0.4, -0.2) is 43.7 Å². The summed E-state index contributed by atoms with van der Waals surface area (Å²) in [7, 11) is 0. The summed E-state index contributed by atoms with van der Waals surface area (Å²) in [5, 5.41) is 0.643. The lowest BCUT2D eigenvalue weighted by molar-refractivity contribution is -0.135. The van der Waals surface area contributed by atoms with E-state index in [0.29, 0.717) is 36.4 Å². The molecular formula is C17H20ClNO3. The largest absolute Gasteiger partial charge is 0.484 e. The van der Waals surface area contributed by atoms with Gasteiger partial charge in [-0.1, -0.05) is 17.5 Å². The fraction of sp³-hybridized carbons (Fsp3) is 0.471. The molecule has 0 spiro atoms. The van der Waals surface area contributed by atoms with Crippen molar-refractivity contribution in [2.75, 3.05) is 32.9 Å². The van der Waals surface area contributed by atoms with E-state index in [1.807, 2.05) is 4.90 Å². The molecule has 1 unspecified atom stereocenters. The van der Waals surface area contributed by atoms with Crippen LogP contribution >= 0.6 is 11.6 Å². The van der Waals surface area contributed by atoms with Crippen LogP contribution in [0.3, 0.4) is 0 Å². The molecule has 22 heavy (non-hydrogen) atoms. The monoisotopic (exact) mass is 321 g/mol. The van der Waals surface area contributed by atoms with Gasteiger partial charge >= 0.3 is 0 Å². The third-order valence-corrected chi connectivity index (χ3v) is 3.84. The normalized spacial score (nSPS) is 17.8. The first-order valence-corrected chi connectivity index (χ1v) is 7.74. The first kappa shape index (κ1) is 16.7. The molecule has 1 atom stereocenters. The van der Waals surface area contributed by atoms with Crippen molar-refractivity contribution >= 4 is 17.5 Å². The number of carbonyl (C=O) groups is 1. The minimum absolute atomic E-state index is 0.00315. The van der Waals surface area contributed by atoms with Gasteiger partial charge in [-0.3, -0.25) is 4.79 Å². The van der Waals surface area contributed by atoms with Crippen molar-refractivity contribution in [3.8, 4) is 18.1 Å². The maximum absolute atomic E-state index is 12.2. The molecule has 1 aromatic rings. The molecule has 1 amide bonds. The molecule has 0 radical (unpaired) electrons. The lowest BCUT2D eigenvalue weighted by atomic mass is 9.99. The molecule has 1 aromatic carbocycles. The zero-order valence-electron chi connectivity index (χ0n) is 12.5. The Labute approximate surface area is 136 Å². The summed E-state index contributed by atoms with van der Waals surface area (Å²) in [6.45, 7) is 2.44. The summed E-state index contributed by atoms with van der Waals surface area (Å²) in [5.41, 5.74) is 0. The molecule has 0 bridgehead atoms. The van der Waals surface area contributed by atoms with Crippen molar-refractivity contribution < 1.29 is 14.3 Å². The zero-order chi connectivity index (χ0) is 15.8. The quantitative estimate of drug-likeness (QED) is 0.597. The van der Waals surface area contributed by atoms with Gasteiger partial charge in [-0.25, -0.2) is 0 Å². The first-order valence-electron chi connectivity index (χ1n) is 7.36. The van der Waals surface area contributed by atoms with Crippen LogP contribution in [-0.2, 0) is 9.53 Å². The van der Waals surface area contributed by atoms with E-state index in [1.54, 1.807) is 24.3 Å². The van der Waals surface area contributed by atoms with Crippen molar-refractivity contribution in [2.24, 2.45) is 5.92 Å². The second kappa shape index (κ2) is 8.67. The summed E-state index contributed by atoms with van der Waals surface area (Å²) in [4.78, 5) is 14.1. The Hall–Kier alpha value is -1.70. The maximum Gasteiger partial charge on any atom is 0.260 e. The van der Waals surface area contributed by atoms with Gasteiger partial charge in [0, 0.05) is 18.1 Å². The fourth-order valence-corrected chi connectivity index (χ4v) is 2.61. The number of rotatable bonds is 6. The van der Waals surface area contributed by atoms with E-state index in [1.165, 1.54) is 0 Å². The topological polar surface area (TPSA) is 38.8 Å². The maximum atomic E-state index is 12.2. The van der Waals surface area contributed by atoms with Crippen molar-refractivity contribution in [1.82, 2.24) is 4.90 Å². The number of hydrogen-bond acceptors (Lipinski definition) is 3. The van der Waals surface area contributed by atoms with Gasteiger partial charge in [0.25, 0.3) is 5.91 Å². The highest BCUT2D eigenvalue weighted by Gasteiger charge is 2.23. The number of piperidine rings is 1. The van der Waals surface area contributed by atoms with Crippen LogP contribution in [0.15, 0.2) is 24.3 Å². The van der Waals surface area contributed by atoms with E-state index in [0.717, 1.165) is 19.4 Å². The van der Waals surface area contributed by atoms with Crippen LogP contribution in [0.25, 0.3) is 0 Å². The molecule has 1 aliphatic heterocycles. The standard InChI is InChI=1S/C17H20ClNO3/c1-2-10-21-12-14-4-3-9-19(11-14)17(20)13-22-16-7-5-15(18)6-8-16/h1,5-8,14H,3-4,9-13H2. The fourth-order valence-electron chi connectivity index (χ4n) is 2.48. The Morgan fingerprint density at radius 2 is 2.18 bits per heavy atom. The summed E-state index contributed by atoms with van der Waals surface area (Å²) in [5.74, 6) is 3.44. The predicted octanol–water partition coefficient (Wildman–Crippen LogP) is 2.61. The number of terminal acetylenes is 1. The van der Waals surface area contributed by atoms with Gasteiger partial charge in [-0.2, -0.15) is 0 Å². The van der Waals surface area contributed by atoms with Crippen molar-refractivity contribution in [3.05, 3.63) is 29.3 Å². The Morgan fingerprint density at radius 3 is 2.91 bits per heavy atom. The predicted molar refractivity (Wildman–Crippen MR) is 85.9 cm³/mol. The van der Waals surface area contributed by atoms with Gasteiger partial charge in [-0.05, 0) is 43.0 Å². The molecule has 118 valence electrons. The number of amides is 1. The Bertz CT molecular complexity index is 524. The molecule has 5 heteroatoms. The van der Waals surface area contributed by atoms with Gasteiger partial charge < -0.3 is 14.4 Å². The average Bonchev–Trinajstić information content (AvgIpc) is 2.54. The number of nitrogens with zero attached hydrogens (tertiary/aromatic N) is 1. The molecule has 2 rings (SSSR count). The Balaban J connectivity index is 1.76. The average molecular weight is 322 g/mol. The van der Waals surface area contributed by atoms with Crippen molar-refractivity contribution in [1.29, 1.82) is 0 Å². The van der Waals surface area contributed by atoms with Gasteiger partial charge in [0.15, 0.2) is 6.61 Å². The van der Waals surface area contributed by atoms with Gasteiger partial charge in [0.1, 0.15) is 12.4 Å². The summed E-state index contributed by atoms with van der Waals surface area (Å²) in [6.07, 6.45) is 7.20. The molecule has 0 N–H and O–H groups in total. The highest BCUT2D eigenvalue weighted by Crippen LogP contribution is 2.18. The second-order valence-electron chi connectivity index (χ2n) is 5.31. The number of hydrogen-bond donors (Lipinski definition) is 0. The minimum Gasteiger partial charge on any atom is -0.484 e. The number of benzene rings is 1. The van der Waals surface area contributed by atoms with Gasteiger partial charge in [0.2, 0.25) is 0 Å². The molecule has 1 aliphatic rings. The van der Waals surface area contributed by atoms with Crippen LogP contribution in [0.4, 0.5) is 0 Å². The lowest BCUT2D eigenvalue weighted by Gasteiger charge is -2.32. The van der Waals surface area contributed by atoms with Crippen LogP contribution in [0, 0.1) is 18.3 Å². The Kier molecular flexibility index (Phi) is 6.57. The zero-order valence-corrected chi connectivity index (χ0v) is 13.2. The first-order chi connectivity index (χ1) is 10.7. The van der Waals surface area contributed by atoms with Crippen molar-refractivity contribution in [2.45, 2.75) is 12.8 Å². The molecule has 1 fully saturated rings. The molecular weight excluding hydrogens is 302 g/mol. The van der Waals surface area contributed by atoms with E-state index in [-0.39, 0.29) is 12.5 Å². The molecule has 0 saturated carbocycles. The molecule has 0 aliphatic carbocycles. The molecule has 4 nitrogen and oxygen atoms in total. The third-order valence-electron chi connectivity index (χ3n) is 3.59. The van der Waals surface area contributed by atoms with E-state index in [9.17, 15) is 4.79 Å². The minimum atomic E-state index is -0.00315. The lowest BCUT2D eigenvalue weighted by Crippen LogP contribution is -2.43. The second-order valence-corrected chi connectivity index (χ2v) is 5.75. The van der Waals surface area contributed by atoms with Gasteiger partial charge in [0.05, 0.1) is 6.61 Å². The SMILES string of the molecule is C#CCOCC1CCCN(C(=O)COc2ccc(Cl)cc2)C1.